The number of halogens is 6. The number of rotatable bonds is 1. The number of carbonyl (C=O) groups is 1. The topological polar surface area (TPSA) is 65.5 Å². The van der Waals surface area contributed by atoms with Gasteiger partial charge in [0.2, 0.25) is 0 Å². The molecule has 1 heterocycles. The van der Waals surface area contributed by atoms with Gasteiger partial charge in [-0.2, -0.15) is 26.3 Å². The average molecular weight is 354 g/mol. The maximum Gasteiger partial charge on any atom is 0.418 e. The molecule has 11 heteroatoms. The van der Waals surface area contributed by atoms with Crippen LogP contribution in [0.25, 0.3) is 0 Å². The molecule has 0 bridgehead atoms. The molecule has 0 saturated carbocycles. The van der Waals surface area contributed by atoms with Crippen LogP contribution in [0.15, 0.2) is 23.2 Å². The van der Waals surface area contributed by atoms with Gasteiger partial charge in [-0.25, -0.2) is 4.79 Å². The predicted molar refractivity (Wildman–Crippen MR) is 73.5 cm³/mol. The predicted octanol–water partition coefficient (Wildman–Crippen LogP) is 3.20. The third-order valence-corrected chi connectivity index (χ3v) is 3.04. The minimum absolute atomic E-state index is 0.0169. The molecule has 0 saturated heterocycles. The SMILES string of the molecule is O=C(NC1=NCCCN1)Nc1c(C(F)(F)F)cccc1C(F)(F)F. The van der Waals surface area contributed by atoms with Gasteiger partial charge in [0, 0.05) is 13.1 Å². The molecule has 0 aliphatic carbocycles. The van der Waals surface area contributed by atoms with Gasteiger partial charge in [0.05, 0.1) is 16.8 Å². The third-order valence-electron chi connectivity index (χ3n) is 3.04. The first-order valence-corrected chi connectivity index (χ1v) is 6.73. The zero-order valence-corrected chi connectivity index (χ0v) is 12.0. The molecule has 0 spiro atoms. The summed E-state index contributed by atoms with van der Waals surface area (Å²) < 4.78 is 77.7. The van der Waals surface area contributed by atoms with E-state index < -0.39 is 35.2 Å². The van der Waals surface area contributed by atoms with E-state index in [0.29, 0.717) is 37.7 Å². The number of nitrogens with one attached hydrogen (secondary N) is 3. The van der Waals surface area contributed by atoms with E-state index >= 15 is 0 Å². The van der Waals surface area contributed by atoms with Gasteiger partial charge in [0.1, 0.15) is 0 Å². The van der Waals surface area contributed by atoms with Gasteiger partial charge in [0.25, 0.3) is 0 Å². The van der Waals surface area contributed by atoms with Crippen LogP contribution in [0.1, 0.15) is 17.5 Å². The molecule has 1 aliphatic rings. The number of amides is 2. The molecular formula is C13H12F6N4O. The van der Waals surface area contributed by atoms with Crippen molar-refractivity contribution in [1.29, 1.82) is 0 Å². The van der Waals surface area contributed by atoms with Crippen molar-refractivity contribution in [1.82, 2.24) is 10.6 Å². The number of guanidine groups is 1. The fourth-order valence-electron chi connectivity index (χ4n) is 2.03. The normalized spacial score (nSPS) is 15.3. The minimum atomic E-state index is -5.07. The second kappa shape index (κ2) is 6.57. The first-order valence-electron chi connectivity index (χ1n) is 6.73. The number of hydrogen-bond acceptors (Lipinski definition) is 3. The molecule has 0 unspecified atom stereocenters. The van der Waals surface area contributed by atoms with Crippen LogP contribution in [-0.2, 0) is 12.4 Å². The quantitative estimate of drug-likeness (QED) is 0.678. The van der Waals surface area contributed by atoms with Crippen LogP contribution >= 0.6 is 0 Å². The highest BCUT2D eigenvalue weighted by molar-refractivity contribution is 6.03. The Morgan fingerprint density at radius 3 is 2.08 bits per heavy atom. The van der Waals surface area contributed by atoms with E-state index in [1.807, 2.05) is 0 Å². The number of aliphatic imine (C=N–C) groups is 1. The van der Waals surface area contributed by atoms with Crippen LogP contribution in [0.4, 0.5) is 36.8 Å². The lowest BCUT2D eigenvalue weighted by Crippen LogP contribution is -2.45. The molecule has 3 N–H and O–H groups in total. The summed E-state index contributed by atoms with van der Waals surface area (Å²) in [5.74, 6) is -0.0169. The van der Waals surface area contributed by atoms with Crippen molar-refractivity contribution in [2.24, 2.45) is 4.99 Å². The Labute approximate surface area is 132 Å². The van der Waals surface area contributed by atoms with Gasteiger partial charge >= 0.3 is 18.4 Å². The van der Waals surface area contributed by atoms with Crippen molar-refractivity contribution in [2.45, 2.75) is 18.8 Å². The molecule has 5 nitrogen and oxygen atoms in total. The van der Waals surface area contributed by atoms with E-state index in [4.69, 9.17) is 0 Å². The molecule has 0 radical (unpaired) electrons. The molecule has 1 aromatic carbocycles. The van der Waals surface area contributed by atoms with Gasteiger partial charge in [-0.3, -0.25) is 10.3 Å². The number of anilines is 1. The summed E-state index contributed by atoms with van der Waals surface area (Å²) in [5, 5.41) is 6.37. The number of nitrogens with zero attached hydrogens (tertiary/aromatic N) is 1. The Balaban J connectivity index is 2.33. The Morgan fingerprint density at radius 2 is 1.62 bits per heavy atom. The maximum absolute atomic E-state index is 13.0. The molecule has 0 aromatic heterocycles. The molecule has 2 amide bonds. The van der Waals surface area contributed by atoms with Gasteiger partial charge in [-0.05, 0) is 18.6 Å². The molecule has 2 rings (SSSR count). The summed E-state index contributed by atoms with van der Waals surface area (Å²) >= 11 is 0. The number of urea groups is 1. The fourth-order valence-corrected chi connectivity index (χ4v) is 2.03. The maximum atomic E-state index is 13.0. The van der Waals surface area contributed by atoms with Crippen molar-refractivity contribution >= 4 is 17.7 Å². The highest BCUT2D eigenvalue weighted by Gasteiger charge is 2.41. The monoisotopic (exact) mass is 354 g/mol. The van der Waals surface area contributed by atoms with Gasteiger partial charge < -0.3 is 10.6 Å². The van der Waals surface area contributed by atoms with Crippen LogP contribution in [-0.4, -0.2) is 25.1 Å². The van der Waals surface area contributed by atoms with Crippen LogP contribution in [0.3, 0.4) is 0 Å². The second-order valence-electron chi connectivity index (χ2n) is 4.81. The number of benzene rings is 1. The highest BCUT2D eigenvalue weighted by atomic mass is 19.4. The van der Waals surface area contributed by atoms with Crippen LogP contribution < -0.4 is 16.0 Å². The second-order valence-corrected chi connectivity index (χ2v) is 4.81. The summed E-state index contributed by atoms with van der Waals surface area (Å²) in [5.41, 5.74) is -4.54. The third kappa shape index (κ3) is 4.30. The molecule has 0 atom stereocenters. The zero-order chi connectivity index (χ0) is 18.0. The minimum Gasteiger partial charge on any atom is -0.356 e. The first kappa shape index (κ1) is 17.9. The molecule has 132 valence electrons. The Hall–Kier alpha value is -2.46. The van der Waals surface area contributed by atoms with Gasteiger partial charge in [-0.1, -0.05) is 6.07 Å². The van der Waals surface area contributed by atoms with Crippen molar-refractivity contribution in [2.75, 3.05) is 18.4 Å². The fraction of sp³-hybridized carbons (Fsp3) is 0.385. The lowest BCUT2D eigenvalue weighted by Gasteiger charge is -2.20. The van der Waals surface area contributed by atoms with E-state index in [0.717, 1.165) is 0 Å². The Bertz CT molecular complexity index is 621. The smallest absolute Gasteiger partial charge is 0.356 e. The molecular weight excluding hydrogens is 342 g/mol. The van der Waals surface area contributed by atoms with E-state index in [1.54, 1.807) is 5.32 Å². The van der Waals surface area contributed by atoms with Crippen LogP contribution in [0.5, 0.6) is 0 Å². The van der Waals surface area contributed by atoms with E-state index in [-0.39, 0.29) is 5.96 Å². The number of carbonyl (C=O) groups excluding carboxylic acids is 1. The largest absolute Gasteiger partial charge is 0.418 e. The lowest BCUT2D eigenvalue weighted by molar-refractivity contribution is -0.141. The number of alkyl halides is 6. The summed E-state index contributed by atoms with van der Waals surface area (Å²) in [6.07, 6.45) is -9.43. The molecule has 0 fully saturated rings. The van der Waals surface area contributed by atoms with Crippen LogP contribution in [0.2, 0.25) is 0 Å². The average Bonchev–Trinajstić information content (AvgIpc) is 2.46. The zero-order valence-electron chi connectivity index (χ0n) is 12.0. The summed E-state index contributed by atoms with van der Waals surface area (Å²) in [6, 6.07) is 0.287. The van der Waals surface area contributed by atoms with Crippen molar-refractivity contribution in [3.63, 3.8) is 0 Å². The summed E-state index contributed by atoms with van der Waals surface area (Å²) in [6.45, 7) is 0.863. The van der Waals surface area contributed by atoms with Crippen molar-refractivity contribution in [3.05, 3.63) is 29.3 Å². The summed E-state index contributed by atoms with van der Waals surface area (Å²) in [7, 11) is 0. The Morgan fingerprint density at radius 1 is 1.04 bits per heavy atom. The lowest BCUT2D eigenvalue weighted by atomic mass is 10.1. The molecule has 1 aromatic rings. The molecule has 1 aliphatic heterocycles. The standard InChI is InChI=1S/C13H12F6N4O/c14-12(15,16)7-3-1-4-8(13(17,18)19)9(7)22-11(24)23-10-20-5-2-6-21-10/h1,3-4H,2,5-6H2,(H3,20,21,22,23,24). The van der Waals surface area contributed by atoms with Crippen molar-refractivity contribution in [3.8, 4) is 0 Å². The summed E-state index contributed by atoms with van der Waals surface area (Å²) in [4.78, 5) is 15.6. The van der Waals surface area contributed by atoms with Gasteiger partial charge in [-0.15, -0.1) is 0 Å². The van der Waals surface area contributed by atoms with E-state index in [9.17, 15) is 31.1 Å². The first-order chi connectivity index (χ1) is 11.1. The number of para-hydroxylation sites is 1. The Kier molecular flexibility index (Phi) is 4.90. The van der Waals surface area contributed by atoms with Crippen molar-refractivity contribution < 1.29 is 31.1 Å². The highest BCUT2D eigenvalue weighted by Crippen LogP contribution is 2.42. The van der Waals surface area contributed by atoms with E-state index in [2.05, 4.69) is 15.6 Å². The van der Waals surface area contributed by atoms with Crippen LogP contribution in [0, 0.1) is 0 Å². The van der Waals surface area contributed by atoms with Gasteiger partial charge in [0.15, 0.2) is 5.96 Å². The van der Waals surface area contributed by atoms with E-state index in [1.165, 1.54) is 0 Å². The molecule has 24 heavy (non-hydrogen) atoms. The number of hydrogen-bond donors (Lipinski definition) is 3.